The van der Waals surface area contributed by atoms with E-state index in [1.54, 1.807) is 11.8 Å². The van der Waals surface area contributed by atoms with Crippen molar-refractivity contribution in [2.75, 3.05) is 48.9 Å². The lowest BCUT2D eigenvalue weighted by Crippen LogP contribution is -2.44. The number of aromatic amines is 1. The number of hydrogen-bond donors (Lipinski definition) is 2. The number of rotatable bonds is 4. The minimum absolute atomic E-state index is 0.419. The standard InChI is InChI=1S/C28H29N5OS/c1-18-20(4-3-5-25(18)33-14-15-35-17-33)21-8-9-23(28(29)34)27-26(21)22-7-6-19(16-24(22)30-27)32-12-10-31(2)11-13-32/h3-9,14-16,30H,10-13,17H2,1-2H3,(H2,29,34). The van der Waals surface area contributed by atoms with Crippen LogP contribution in [0.15, 0.2) is 60.1 Å². The Hall–Kier alpha value is -3.42. The van der Waals surface area contributed by atoms with Crippen LogP contribution in [0.2, 0.25) is 0 Å². The molecule has 0 bridgehead atoms. The SMILES string of the molecule is Cc1c(-c2ccc(C(N)=O)c3[nH]c4cc(N5CCN(C)CC5)ccc4c23)cccc1N1C=CSC1. The van der Waals surface area contributed by atoms with Gasteiger partial charge in [-0.3, -0.25) is 4.79 Å². The summed E-state index contributed by atoms with van der Waals surface area (Å²) in [5.74, 6) is 0.500. The number of nitrogens with one attached hydrogen (secondary N) is 1. The third-order valence-electron chi connectivity index (χ3n) is 7.33. The lowest BCUT2D eigenvalue weighted by atomic mass is 9.93. The van der Waals surface area contributed by atoms with E-state index in [-0.39, 0.29) is 0 Å². The second-order valence-electron chi connectivity index (χ2n) is 9.42. The average molecular weight is 484 g/mol. The van der Waals surface area contributed by atoms with Crippen molar-refractivity contribution < 1.29 is 4.79 Å². The number of anilines is 2. The molecular weight excluding hydrogens is 454 g/mol. The second kappa shape index (κ2) is 8.66. The Morgan fingerprint density at radius 1 is 1.03 bits per heavy atom. The predicted molar refractivity (Wildman–Crippen MR) is 148 cm³/mol. The van der Waals surface area contributed by atoms with Crippen LogP contribution in [0.1, 0.15) is 15.9 Å². The van der Waals surface area contributed by atoms with Crippen molar-refractivity contribution in [3.63, 3.8) is 0 Å². The first-order valence-electron chi connectivity index (χ1n) is 12.0. The van der Waals surface area contributed by atoms with Crippen LogP contribution in [0.4, 0.5) is 11.4 Å². The van der Waals surface area contributed by atoms with Crippen LogP contribution >= 0.6 is 11.8 Å². The largest absolute Gasteiger partial charge is 0.369 e. The molecule has 1 saturated heterocycles. The maximum Gasteiger partial charge on any atom is 0.250 e. The number of carbonyl (C=O) groups is 1. The summed E-state index contributed by atoms with van der Waals surface area (Å²) in [4.78, 5) is 23.0. The van der Waals surface area contributed by atoms with E-state index in [1.807, 2.05) is 12.1 Å². The zero-order chi connectivity index (χ0) is 24.1. The number of nitrogens with two attached hydrogens (primary N) is 1. The van der Waals surface area contributed by atoms with Crippen molar-refractivity contribution >= 4 is 50.8 Å². The molecule has 1 amide bonds. The molecule has 178 valence electrons. The van der Waals surface area contributed by atoms with E-state index in [2.05, 4.69) is 81.7 Å². The van der Waals surface area contributed by atoms with Crippen molar-refractivity contribution in [3.8, 4) is 11.1 Å². The highest BCUT2D eigenvalue weighted by Crippen LogP contribution is 2.41. The van der Waals surface area contributed by atoms with Crippen molar-refractivity contribution in [1.29, 1.82) is 0 Å². The quantitative estimate of drug-likeness (QED) is 0.421. The third kappa shape index (κ3) is 3.75. The van der Waals surface area contributed by atoms with E-state index in [1.165, 1.54) is 16.9 Å². The number of thioether (sulfide) groups is 1. The molecular formula is C28H29N5OS. The number of nitrogens with zero attached hydrogens (tertiary/aromatic N) is 3. The molecule has 0 unspecified atom stereocenters. The summed E-state index contributed by atoms with van der Waals surface area (Å²) in [5.41, 5.74) is 14.1. The molecule has 7 heteroatoms. The predicted octanol–water partition coefficient (Wildman–Crippen LogP) is 5.13. The Labute approximate surface area is 209 Å². The van der Waals surface area contributed by atoms with Gasteiger partial charge in [0.1, 0.15) is 0 Å². The van der Waals surface area contributed by atoms with E-state index in [0.717, 1.165) is 65.0 Å². The summed E-state index contributed by atoms with van der Waals surface area (Å²) in [6, 6.07) is 17.0. The monoisotopic (exact) mass is 483 g/mol. The third-order valence-corrected chi connectivity index (χ3v) is 8.07. The number of piperazine rings is 1. The zero-order valence-electron chi connectivity index (χ0n) is 20.0. The van der Waals surface area contributed by atoms with E-state index in [9.17, 15) is 4.79 Å². The van der Waals surface area contributed by atoms with Gasteiger partial charge in [0, 0.05) is 60.0 Å². The number of H-pyrrole nitrogens is 1. The molecule has 0 radical (unpaired) electrons. The van der Waals surface area contributed by atoms with Gasteiger partial charge >= 0.3 is 0 Å². The van der Waals surface area contributed by atoms with Gasteiger partial charge in [0.05, 0.1) is 17.0 Å². The summed E-state index contributed by atoms with van der Waals surface area (Å²) in [6.45, 7) is 6.31. The number of aromatic nitrogens is 1. The molecule has 3 N–H and O–H groups in total. The topological polar surface area (TPSA) is 68.6 Å². The van der Waals surface area contributed by atoms with Gasteiger partial charge in [0.2, 0.25) is 0 Å². The molecule has 6 nitrogen and oxygen atoms in total. The average Bonchev–Trinajstić information content (AvgIpc) is 3.52. The normalized spacial score (nSPS) is 16.6. The lowest BCUT2D eigenvalue weighted by molar-refractivity contribution is 0.100. The maximum atomic E-state index is 12.4. The number of amides is 1. The van der Waals surface area contributed by atoms with Crippen molar-refractivity contribution in [1.82, 2.24) is 9.88 Å². The van der Waals surface area contributed by atoms with Crippen LogP contribution in [-0.2, 0) is 0 Å². The minimum Gasteiger partial charge on any atom is -0.369 e. The highest BCUT2D eigenvalue weighted by Gasteiger charge is 2.21. The van der Waals surface area contributed by atoms with E-state index < -0.39 is 5.91 Å². The van der Waals surface area contributed by atoms with Crippen LogP contribution in [0.3, 0.4) is 0 Å². The molecule has 6 rings (SSSR count). The van der Waals surface area contributed by atoms with Gasteiger partial charge in [-0.05, 0) is 60.3 Å². The lowest BCUT2D eigenvalue weighted by Gasteiger charge is -2.34. The number of primary amides is 1. The van der Waals surface area contributed by atoms with E-state index in [0.29, 0.717) is 5.56 Å². The fraction of sp³-hybridized carbons (Fsp3) is 0.250. The van der Waals surface area contributed by atoms with Gasteiger partial charge in [-0.25, -0.2) is 0 Å². The first kappa shape index (κ1) is 22.1. The second-order valence-corrected chi connectivity index (χ2v) is 10.3. The van der Waals surface area contributed by atoms with Crippen molar-refractivity contribution in [3.05, 3.63) is 71.3 Å². The van der Waals surface area contributed by atoms with Crippen LogP contribution < -0.4 is 15.5 Å². The number of likely N-dealkylation sites (N-methyl/N-ethyl adjacent to an activating group) is 1. The Morgan fingerprint density at radius 3 is 2.60 bits per heavy atom. The number of carbonyl (C=O) groups excluding carboxylic acids is 1. The zero-order valence-corrected chi connectivity index (χ0v) is 20.9. The van der Waals surface area contributed by atoms with Gasteiger partial charge < -0.3 is 25.4 Å². The molecule has 3 aromatic carbocycles. The van der Waals surface area contributed by atoms with Gasteiger partial charge in [-0.1, -0.05) is 24.3 Å². The smallest absolute Gasteiger partial charge is 0.250 e. The van der Waals surface area contributed by atoms with Gasteiger partial charge in [-0.15, -0.1) is 11.8 Å². The van der Waals surface area contributed by atoms with Gasteiger partial charge in [-0.2, -0.15) is 0 Å². The minimum atomic E-state index is -0.419. The fourth-order valence-corrected chi connectivity index (χ4v) is 6.06. The summed E-state index contributed by atoms with van der Waals surface area (Å²) in [6.07, 6.45) is 2.13. The summed E-state index contributed by atoms with van der Waals surface area (Å²) < 4.78 is 0. The summed E-state index contributed by atoms with van der Waals surface area (Å²) in [5, 5.41) is 4.29. The Bertz CT molecular complexity index is 1480. The van der Waals surface area contributed by atoms with Crippen LogP contribution in [0.5, 0.6) is 0 Å². The molecule has 1 fully saturated rings. The molecule has 2 aliphatic rings. The van der Waals surface area contributed by atoms with Gasteiger partial charge in [0.15, 0.2) is 0 Å². The first-order valence-corrected chi connectivity index (χ1v) is 13.0. The number of benzene rings is 3. The molecule has 35 heavy (non-hydrogen) atoms. The summed E-state index contributed by atoms with van der Waals surface area (Å²) >= 11 is 1.79. The molecule has 4 aromatic rings. The molecule has 2 aliphatic heterocycles. The Morgan fingerprint density at radius 2 is 1.86 bits per heavy atom. The van der Waals surface area contributed by atoms with Crippen LogP contribution in [-0.4, -0.2) is 54.9 Å². The molecule has 1 aromatic heterocycles. The highest BCUT2D eigenvalue weighted by molar-refractivity contribution is 8.02. The van der Waals surface area contributed by atoms with Gasteiger partial charge in [0.25, 0.3) is 5.91 Å². The Kier molecular flexibility index (Phi) is 5.46. The Balaban J connectivity index is 1.54. The maximum absolute atomic E-state index is 12.4. The van der Waals surface area contributed by atoms with Crippen LogP contribution in [0.25, 0.3) is 32.9 Å². The number of fused-ring (bicyclic) bond motifs is 3. The van der Waals surface area contributed by atoms with E-state index >= 15 is 0 Å². The summed E-state index contributed by atoms with van der Waals surface area (Å²) in [7, 11) is 2.17. The highest BCUT2D eigenvalue weighted by atomic mass is 32.2. The molecule has 0 atom stereocenters. The van der Waals surface area contributed by atoms with Crippen LogP contribution in [0, 0.1) is 6.92 Å². The number of hydrogen-bond acceptors (Lipinski definition) is 5. The molecule has 0 spiro atoms. The van der Waals surface area contributed by atoms with E-state index in [4.69, 9.17) is 5.73 Å². The molecule has 0 aliphatic carbocycles. The first-order chi connectivity index (χ1) is 17.0. The van der Waals surface area contributed by atoms with Crippen molar-refractivity contribution in [2.45, 2.75) is 6.92 Å². The fourth-order valence-electron chi connectivity index (χ4n) is 5.35. The molecule has 3 heterocycles. The van der Waals surface area contributed by atoms with Crippen molar-refractivity contribution in [2.24, 2.45) is 5.73 Å². The molecule has 0 saturated carbocycles.